The molecule has 0 radical (unpaired) electrons. The van der Waals surface area contributed by atoms with Crippen LogP contribution in [0.15, 0.2) is 12.1 Å². The van der Waals surface area contributed by atoms with Gasteiger partial charge in [0.1, 0.15) is 0 Å². The van der Waals surface area contributed by atoms with Gasteiger partial charge >= 0.3 is 5.97 Å². The zero-order valence-corrected chi connectivity index (χ0v) is 11.1. The Bertz CT molecular complexity index is 394. The van der Waals surface area contributed by atoms with Crippen molar-refractivity contribution in [2.24, 2.45) is 0 Å². The SMILES string of the molecule is O=C(O)CC1CCCCN1Cc1ccc(Cl)s1. The summed E-state index contributed by atoms with van der Waals surface area (Å²) in [5.74, 6) is -0.703. The Balaban J connectivity index is 1.98. The summed E-state index contributed by atoms with van der Waals surface area (Å²) in [7, 11) is 0. The minimum absolute atomic E-state index is 0.183. The lowest BCUT2D eigenvalue weighted by Crippen LogP contribution is -2.40. The molecule has 0 aromatic carbocycles. The number of thiophene rings is 1. The maximum atomic E-state index is 10.8. The van der Waals surface area contributed by atoms with Crippen LogP contribution in [0, 0.1) is 0 Å². The summed E-state index contributed by atoms with van der Waals surface area (Å²) in [5.41, 5.74) is 0. The lowest BCUT2D eigenvalue weighted by atomic mass is 9.99. The van der Waals surface area contributed by atoms with Gasteiger partial charge in [-0.25, -0.2) is 0 Å². The van der Waals surface area contributed by atoms with Crippen LogP contribution in [0.1, 0.15) is 30.6 Å². The molecule has 1 aliphatic rings. The van der Waals surface area contributed by atoms with Crippen LogP contribution in [0.2, 0.25) is 4.34 Å². The molecule has 1 aromatic rings. The molecule has 1 unspecified atom stereocenters. The van der Waals surface area contributed by atoms with Crippen LogP contribution in [0.25, 0.3) is 0 Å². The summed E-state index contributed by atoms with van der Waals surface area (Å²) in [6.45, 7) is 1.82. The second-order valence-corrected chi connectivity index (χ2v) is 6.22. The van der Waals surface area contributed by atoms with E-state index in [0.29, 0.717) is 0 Å². The number of carbonyl (C=O) groups is 1. The molecule has 1 aromatic heterocycles. The largest absolute Gasteiger partial charge is 0.481 e. The van der Waals surface area contributed by atoms with Crippen molar-refractivity contribution in [3.8, 4) is 0 Å². The van der Waals surface area contributed by atoms with E-state index in [1.807, 2.05) is 12.1 Å². The molecule has 1 atom stereocenters. The van der Waals surface area contributed by atoms with Crippen molar-refractivity contribution in [1.82, 2.24) is 4.90 Å². The molecule has 94 valence electrons. The third-order valence-electron chi connectivity index (χ3n) is 3.15. The topological polar surface area (TPSA) is 40.5 Å². The summed E-state index contributed by atoms with van der Waals surface area (Å²) in [5, 5.41) is 8.91. The lowest BCUT2D eigenvalue weighted by Gasteiger charge is -2.34. The van der Waals surface area contributed by atoms with Gasteiger partial charge in [0, 0.05) is 17.5 Å². The standard InChI is InChI=1S/C12H16ClNO2S/c13-11-5-4-10(17-11)8-14-6-2-1-3-9(14)7-12(15)16/h4-5,9H,1-3,6-8H2,(H,15,16). The van der Waals surface area contributed by atoms with Crippen LogP contribution >= 0.6 is 22.9 Å². The maximum Gasteiger partial charge on any atom is 0.304 e. The maximum absolute atomic E-state index is 10.8. The van der Waals surface area contributed by atoms with Gasteiger partial charge < -0.3 is 5.11 Å². The fraction of sp³-hybridized carbons (Fsp3) is 0.583. The van der Waals surface area contributed by atoms with Gasteiger partial charge in [-0.1, -0.05) is 18.0 Å². The van der Waals surface area contributed by atoms with Crippen molar-refractivity contribution in [2.75, 3.05) is 6.54 Å². The summed E-state index contributed by atoms with van der Waals surface area (Å²) in [6.07, 6.45) is 3.54. The Kier molecular flexibility index (Phi) is 4.42. The Morgan fingerprint density at radius 2 is 2.35 bits per heavy atom. The van der Waals surface area contributed by atoms with E-state index in [0.717, 1.165) is 36.7 Å². The molecular weight excluding hydrogens is 258 g/mol. The Labute approximate surface area is 110 Å². The number of hydrogen-bond acceptors (Lipinski definition) is 3. The highest BCUT2D eigenvalue weighted by Gasteiger charge is 2.24. The van der Waals surface area contributed by atoms with Crippen molar-refractivity contribution in [3.63, 3.8) is 0 Å². The molecule has 0 spiro atoms. The average Bonchev–Trinajstić information content (AvgIpc) is 2.66. The molecule has 0 bridgehead atoms. The van der Waals surface area contributed by atoms with Crippen LogP contribution in [0.4, 0.5) is 0 Å². The molecule has 2 heterocycles. The van der Waals surface area contributed by atoms with Crippen LogP contribution in [0.3, 0.4) is 0 Å². The third-order valence-corrected chi connectivity index (χ3v) is 4.36. The molecule has 1 aliphatic heterocycles. The van der Waals surface area contributed by atoms with Crippen molar-refractivity contribution in [2.45, 2.75) is 38.3 Å². The lowest BCUT2D eigenvalue weighted by molar-refractivity contribution is -0.138. The molecule has 17 heavy (non-hydrogen) atoms. The van der Waals surface area contributed by atoms with Gasteiger partial charge in [-0.2, -0.15) is 0 Å². The Morgan fingerprint density at radius 1 is 1.53 bits per heavy atom. The highest BCUT2D eigenvalue weighted by atomic mass is 35.5. The number of halogens is 1. The van der Waals surface area contributed by atoms with Crippen molar-refractivity contribution in [1.29, 1.82) is 0 Å². The number of likely N-dealkylation sites (tertiary alicyclic amines) is 1. The normalized spacial score (nSPS) is 21.6. The summed E-state index contributed by atoms with van der Waals surface area (Å²) in [6, 6.07) is 4.11. The van der Waals surface area contributed by atoms with Crippen molar-refractivity contribution < 1.29 is 9.90 Å². The van der Waals surface area contributed by atoms with Gasteiger partial charge in [-0.15, -0.1) is 11.3 Å². The minimum Gasteiger partial charge on any atom is -0.481 e. The van der Waals surface area contributed by atoms with E-state index in [4.69, 9.17) is 16.7 Å². The quantitative estimate of drug-likeness (QED) is 0.916. The predicted molar refractivity (Wildman–Crippen MR) is 69.6 cm³/mol. The molecule has 2 rings (SSSR count). The second kappa shape index (κ2) is 5.85. The molecule has 5 heteroatoms. The van der Waals surface area contributed by atoms with Gasteiger partial charge in [-0.05, 0) is 31.5 Å². The minimum atomic E-state index is -0.703. The van der Waals surface area contributed by atoms with Gasteiger partial charge in [-0.3, -0.25) is 9.69 Å². The van der Waals surface area contributed by atoms with E-state index < -0.39 is 5.97 Å². The average molecular weight is 274 g/mol. The monoisotopic (exact) mass is 273 g/mol. The fourth-order valence-electron chi connectivity index (χ4n) is 2.34. The number of nitrogens with zero attached hydrogens (tertiary/aromatic N) is 1. The first-order valence-electron chi connectivity index (χ1n) is 5.85. The number of carboxylic acid groups (broad SMARTS) is 1. The number of piperidine rings is 1. The van der Waals surface area contributed by atoms with Crippen LogP contribution in [0.5, 0.6) is 0 Å². The molecule has 3 nitrogen and oxygen atoms in total. The smallest absolute Gasteiger partial charge is 0.304 e. The highest BCUT2D eigenvalue weighted by molar-refractivity contribution is 7.16. The van der Waals surface area contributed by atoms with E-state index >= 15 is 0 Å². The van der Waals surface area contributed by atoms with Crippen molar-refractivity contribution >= 4 is 28.9 Å². The molecular formula is C12H16ClNO2S. The summed E-state index contributed by atoms with van der Waals surface area (Å²) >= 11 is 7.48. The van der Waals surface area contributed by atoms with E-state index in [-0.39, 0.29) is 12.5 Å². The first kappa shape index (κ1) is 12.9. The Hall–Kier alpha value is -0.580. The molecule has 0 saturated carbocycles. The first-order chi connectivity index (χ1) is 8.15. The van der Waals surface area contributed by atoms with E-state index in [9.17, 15) is 4.79 Å². The number of carboxylic acids is 1. The second-order valence-electron chi connectivity index (χ2n) is 4.42. The van der Waals surface area contributed by atoms with Crippen LogP contribution in [-0.4, -0.2) is 28.6 Å². The van der Waals surface area contributed by atoms with Gasteiger partial charge in [0.25, 0.3) is 0 Å². The van der Waals surface area contributed by atoms with Gasteiger partial charge in [0.05, 0.1) is 10.8 Å². The number of hydrogen-bond donors (Lipinski definition) is 1. The van der Waals surface area contributed by atoms with E-state index in [2.05, 4.69) is 4.90 Å². The van der Waals surface area contributed by atoms with Crippen molar-refractivity contribution in [3.05, 3.63) is 21.3 Å². The predicted octanol–water partition coefficient (Wildman–Crippen LogP) is 3.23. The van der Waals surface area contributed by atoms with E-state index in [1.54, 1.807) is 11.3 Å². The Morgan fingerprint density at radius 3 is 3.00 bits per heavy atom. The molecule has 0 amide bonds. The zero-order chi connectivity index (χ0) is 12.3. The van der Waals surface area contributed by atoms with Gasteiger partial charge in [0.2, 0.25) is 0 Å². The first-order valence-corrected chi connectivity index (χ1v) is 7.04. The summed E-state index contributed by atoms with van der Waals surface area (Å²) in [4.78, 5) is 14.3. The molecule has 1 saturated heterocycles. The molecule has 1 fully saturated rings. The van der Waals surface area contributed by atoms with Crippen LogP contribution in [-0.2, 0) is 11.3 Å². The molecule has 1 N–H and O–H groups in total. The highest BCUT2D eigenvalue weighted by Crippen LogP contribution is 2.26. The van der Waals surface area contributed by atoms with Crippen LogP contribution < -0.4 is 0 Å². The zero-order valence-electron chi connectivity index (χ0n) is 9.56. The van der Waals surface area contributed by atoms with E-state index in [1.165, 1.54) is 4.88 Å². The fourth-order valence-corrected chi connectivity index (χ4v) is 3.45. The van der Waals surface area contributed by atoms with Gasteiger partial charge in [0.15, 0.2) is 0 Å². The third kappa shape index (κ3) is 3.69. The number of rotatable bonds is 4. The number of aliphatic carboxylic acids is 1. The summed E-state index contributed by atoms with van der Waals surface area (Å²) < 4.78 is 0.798. The molecule has 0 aliphatic carbocycles.